The van der Waals surface area contributed by atoms with E-state index in [1.807, 2.05) is 0 Å². The van der Waals surface area contributed by atoms with Crippen LogP contribution in [0.1, 0.15) is 72.0 Å². The number of nitrogens with one attached hydrogen (secondary N) is 1. The van der Waals surface area contributed by atoms with Gasteiger partial charge in [0.15, 0.2) is 4.77 Å². The van der Waals surface area contributed by atoms with E-state index >= 15 is 0 Å². The highest BCUT2D eigenvalue weighted by atomic mass is 32.1. The molecule has 1 rings (SSSR count). The highest BCUT2D eigenvalue weighted by Crippen LogP contribution is 2.28. The molecule has 0 aromatic carbocycles. The van der Waals surface area contributed by atoms with Crippen LogP contribution in [0.25, 0.3) is 0 Å². The molecule has 4 heteroatoms. The van der Waals surface area contributed by atoms with Crippen LogP contribution in [0.3, 0.4) is 0 Å². The normalized spacial score (nSPS) is 13.9. The maximum atomic E-state index is 5.35. The Morgan fingerprint density at radius 2 is 2.00 bits per heavy atom. The van der Waals surface area contributed by atoms with Crippen molar-refractivity contribution in [2.24, 2.45) is 0 Å². The van der Waals surface area contributed by atoms with E-state index in [-0.39, 0.29) is 5.54 Å². The second kappa shape index (κ2) is 5.80. The number of nitrogens with zero attached hydrogens (tertiary/aromatic N) is 2. The summed E-state index contributed by atoms with van der Waals surface area (Å²) >= 11 is 5.35. The highest BCUT2D eigenvalue weighted by molar-refractivity contribution is 7.71. The number of hydrogen-bond acceptors (Lipinski definition) is 2. The molecule has 1 aromatic heterocycles. The van der Waals surface area contributed by atoms with Crippen molar-refractivity contribution in [3.63, 3.8) is 0 Å². The second-order valence-corrected chi connectivity index (χ2v) is 6.03. The van der Waals surface area contributed by atoms with Crippen molar-refractivity contribution in [2.45, 2.75) is 71.8 Å². The number of hydrogen-bond donors (Lipinski definition) is 1. The van der Waals surface area contributed by atoms with Gasteiger partial charge in [-0.3, -0.25) is 9.67 Å². The van der Waals surface area contributed by atoms with Crippen LogP contribution in [-0.2, 0) is 5.54 Å². The summed E-state index contributed by atoms with van der Waals surface area (Å²) in [6.45, 7) is 11.0. The van der Waals surface area contributed by atoms with E-state index in [1.54, 1.807) is 0 Å². The highest BCUT2D eigenvalue weighted by Gasteiger charge is 2.23. The van der Waals surface area contributed by atoms with Crippen molar-refractivity contribution in [1.29, 1.82) is 0 Å². The molecule has 1 heterocycles. The standard InChI is InChI=1S/C13H25N3S/c1-6-8-9-10(7-2)11-14-15-12(17)16(11)13(3,4)5/h10H,6-9H2,1-5H3,(H,15,17). The van der Waals surface area contributed by atoms with E-state index in [4.69, 9.17) is 12.2 Å². The lowest BCUT2D eigenvalue weighted by molar-refractivity contribution is 0.360. The minimum Gasteiger partial charge on any atom is -0.299 e. The molecule has 0 saturated heterocycles. The van der Waals surface area contributed by atoms with Crippen LogP contribution in [0.2, 0.25) is 0 Å². The van der Waals surface area contributed by atoms with Crippen molar-refractivity contribution >= 4 is 12.2 Å². The summed E-state index contributed by atoms with van der Waals surface area (Å²) in [5.74, 6) is 1.64. The molecular formula is C13H25N3S. The Bertz CT molecular complexity index is 398. The molecule has 98 valence electrons. The summed E-state index contributed by atoms with van der Waals surface area (Å²) in [5, 5.41) is 7.40. The van der Waals surface area contributed by atoms with E-state index in [9.17, 15) is 0 Å². The zero-order chi connectivity index (χ0) is 13.1. The SMILES string of the molecule is CCCCC(CC)c1n[nH]c(=S)n1C(C)(C)C. The number of H-pyrrole nitrogens is 1. The van der Waals surface area contributed by atoms with E-state index in [0.717, 1.165) is 17.0 Å². The van der Waals surface area contributed by atoms with Crippen LogP contribution in [0.4, 0.5) is 0 Å². The smallest absolute Gasteiger partial charge is 0.195 e. The molecule has 1 N–H and O–H groups in total. The number of aromatic nitrogens is 3. The average Bonchev–Trinajstić information content (AvgIpc) is 2.61. The van der Waals surface area contributed by atoms with Crippen LogP contribution in [0.5, 0.6) is 0 Å². The van der Waals surface area contributed by atoms with Gasteiger partial charge in [-0.25, -0.2) is 0 Å². The average molecular weight is 255 g/mol. The van der Waals surface area contributed by atoms with Crippen LogP contribution in [-0.4, -0.2) is 14.8 Å². The third-order valence-electron chi connectivity index (χ3n) is 3.13. The number of aromatic amines is 1. The molecule has 0 spiro atoms. The Labute approximate surface area is 110 Å². The summed E-state index contributed by atoms with van der Waals surface area (Å²) in [6.07, 6.45) is 4.80. The van der Waals surface area contributed by atoms with Gasteiger partial charge in [0.25, 0.3) is 0 Å². The van der Waals surface area contributed by atoms with Crippen molar-refractivity contribution in [3.05, 3.63) is 10.6 Å². The van der Waals surface area contributed by atoms with E-state index in [2.05, 4.69) is 49.4 Å². The Kier molecular flexibility index (Phi) is 4.92. The van der Waals surface area contributed by atoms with Crippen LogP contribution in [0.15, 0.2) is 0 Å². The van der Waals surface area contributed by atoms with Gasteiger partial charge in [-0.15, -0.1) is 0 Å². The van der Waals surface area contributed by atoms with Crippen molar-refractivity contribution in [1.82, 2.24) is 14.8 Å². The topological polar surface area (TPSA) is 33.6 Å². The molecule has 0 aliphatic rings. The quantitative estimate of drug-likeness (QED) is 0.792. The van der Waals surface area contributed by atoms with Gasteiger partial charge in [0.05, 0.1) is 0 Å². The lowest BCUT2D eigenvalue weighted by Gasteiger charge is -2.25. The molecule has 1 unspecified atom stereocenters. The van der Waals surface area contributed by atoms with Crippen LogP contribution < -0.4 is 0 Å². The summed E-state index contributed by atoms with van der Waals surface area (Å²) in [5.41, 5.74) is -0.000941. The fourth-order valence-corrected chi connectivity index (χ4v) is 2.61. The van der Waals surface area contributed by atoms with Gasteiger partial charge in [0.1, 0.15) is 5.82 Å². The van der Waals surface area contributed by atoms with Gasteiger partial charge in [-0.2, -0.15) is 5.10 Å². The van der Waals surface area contributed by atoms with Crippen molar-refractivity contribution in [3.8, 4) is 0 Å². The molecular weight excluding hydrogens is 230 g/mol. The number of rotatable bonds is 5. The molecule has 0 aliphatic carbocycles. The Morgan fingerprint density at radius 3 is 2.47 bits per heavy atom. The van der Waals surface area contributed by atoms with Gasteiger partial charge in [0.2, 0.25) is 0 Å². The predicted molar refractivity (Wildman–Crippen MR) is 75.0 cm³/mol. The third kappa shape index (κ3) is 3.41. The van der Waals surface area contributed by atoms with Gasteiger partial charge < -0.3 is 0 Å². The van der Waals surface area contributed by atoms with Crippen LogP contribution >= 0.6 is 12.2 Å². The monoisotopic (exact) mass is 255 g/mol. The van der Waals surface area contributed by atoms with Crippen molar-refractivity contribution < 1.29 is 0 Å². The Hall–Kier alpha value is -0.640. The molecule has 1 atom stereocenters. The van der Waals surface area contributed by atoms with E-state index < -0.39 is 0 Å². The first-order valence-electron chi connectivity index (χ1n) is 6.59. The first kappa shape index (κ1) is 14.4. The molecule has 0 radical (unpaired) electrons. The van der Waals surface area contributed by atoms with Gasteiger partial charge >= 0.3 is 0 Å². The van der Waals surface area contributed by atoms with Gasteiger partial charge in [-0.1, -0.05) is 26.7 Å². The first-order chi connectivity index (χ1) is 7.91. The number of unbranched alkanes of at least 4 members (excludes halogenated alkanes) is 1. The lowest BCUT2D eigenvalue weighted by Crippen LogP contribution is -2.25. The third-order valence-corrected chi connectivity index (χ3v) is 3.41. The molecule has 17 heavy (non-hydrogen) atoms. The minimum absolute atomic E-state index is 0.000941. The van der Waals surface area contributed by atoms with Gasteiger partial charge in [0, 0.05) is 11.5 Å². The van der Waals surface area contributed by atoms with E-state index in [0.29, 0.717) is 5.92 Å². The first-order valence-corrected chi connectivity index (χ1v) is 7.00. The van der Waals surface area contributed by atoms with Crippen molar-refractivity contribution in [2.75, 3.05) is 0 Å². The predicted octanol–water partition coefficient (Wildman–Crippen LogP) is 4.38. The van der Waals surface area contributed by atoms with Gasteiger partial charge in [-0.05, 0) is 45.8 Å². The molecule has 0 bridgehead atoms. The molecule has 1 aromatic rings. The maximum absolute atomic E-state index is 5.35. The lowest BCUT2D eigenvalue weighted by atomic mass is 9.97. The Morgan fingerprint density at radius 1 is 1.35 bits per heavy atom. The molecule has 0 fully saturated rings. The molecule has 0 saturated carbocycles. The summed E-state index contributed by atoms with van der Waals surface area (Å²) in [6, 6.07) is 0. The summed E-state index contributed by atoms with van der Waals surface area (Å²) in [7, 11) is 0. The fraction of sp³-hybridized carbons (Fsp3) is 0.846. The van der Waals surface area contributed by atoms with Crippen LogP contribution in [0, 0.1) is 4.77 Å². The fourth-order valence-electron chi connectivity index (χ4n) is 2.20. The zero-order valence-electron chi connectivity index (χ0n) is 11.7. The largest absolute Gasteiger partial charge is 0.299 e. The molecule has 0 aliphatic heterocycles. The molecule has 3 nitrogen and oxygen atoms in total. The second-order valence-electron chi connectivity index (χ2n) is 5.64. The molecule has 0 amide bonds. The Balaban J connectivity index is 3.08. The summed E-state index contributed by atoms with van der Waals surface area (Å²) < 4.78 is 2.91. The van der Waals surface area contributed by atoms with E-state index in [1.165, 1.54) is 19.3 Å². The zero-order valence-corrected chi connectivity index (χ0v) is 12.5. The maximum Gasteiger partial charge on any atom is 0.195 e. The summed E-state index contributed by atoms with van der Waals surface area (Å²) in [4.78, 5) is 0. The minimum atomic E-state index is -0.000941.